The maximum absolute atomic E-state index is 12.7. The monoisotopic (exact) mass is 376 g/mol. The van der Waals surface area contributed by atoms with E-state index in [0.29, 0.717) is 37.9 Å². The zero-order chi connectivity index (χ0) is 18.0. The molecule has 1 saturated heterocycles. The summed E-state index contributed by atoms with van der Waals surface area (Å²) in [5, 5.41) is 2.96. The smallest absolute Gasteiger partial charge is 0.353 e. The normalized spacial score (nSPS) is 19.1. The van der Waals surface area contributed by atoms with Gasteiger partial charge in [0.25, 0.3) is 0 Å². The lowest BCUT2D eigenvalue weighted by atomic mass is 10.2. The van der Waals surface area contributed by atoms with E-state index < -0.39 is 11.7 Å². The number of pyridine rings is 1. The van der Waals surface area contributed by atoms with Crippen molar-refractivity contribution in [3.05, 3.63) is 22.8 Å². The average molecular weight is 377 g/mol. The number of hydrogen-bond acceptors (Lipinski definition) is 4. The lowest BCUT2D eigenvalue weighted by Gasteiger charge is -2.35. The third-order valence-corrected chi connectivity index (χ3v) is 4.70. The Bertz CT molecular complexity index is 628. The molecule has 1 aromatic rings. The number of nitrogens with zero attached hydrogens (tertiary/aromatic N) is 3. The second kappa shape index (κ2) is 7.37. The summed E-state index contributed by atoms with van der Waals surface area (Å²) in [5.41, 5.74) is -0.846. The number of carbonyl (C=O) groups is 1. The van der Waals surface area contributed by atoms with Crippen molar-refractivity contribution in [1.82, 2.24) is 15.2 Å². The van der Waals surface area contributed by atoms with Gasteiger partial charge in [-0.15, -0.1) is 0 Å². The molecule has 1 aliphatic carbocycles. The van der Waals surface area contributed by atoms with E-state index in [2.05, 4.69) is 15.2 Å². The minimum Gasteiger partial charge on any atom is -0.353 e. The maximum atomic E-state index is 12.7. The predicted octanol–water partition coefficient (Wildman–Crippen LogP) is 2.54. The van der Waals surface area contributed by atoms with Gasteiger partial charge in [-0.25, -0.2) is 4.98 Å². The van der Waals surface area contributed by atoms with E-state index in [1.165, 1.54) is 0 Å². The van der Waals surface area contributed by atoms with E-state index in [1.807, 2.05) is 4.90 Å². The molecule has 2 aliphatic rings. The standard InChI is InChI=1S/C16H20ClF3N4O/c17-13-9-11(16(18,19)20)10-21-15(13)24-7-5-23(6-8-24)4-3-14(25)22-12-1-2-12/h9-10,12H,1-8H2,(H,22,25). The molecule has 138 valence electrons. The van der Waals surface area contributed by atoms with E-state index in [9.17, 15) is 18.0 Å². The fourth-order valence-electron chi connectivity index (χ4n) is 2.79. The summed E-state index contributed by atoms with van der Waals surface area (Å²) >= 11 is 5.99. The Morgan fingerprint density at radius 3 is 2.52 bits per heavy atom. The number of carbonyl (C=O) groups excluding carboxylic acids is 1. The molecule has 9 heteroatoms. The number of aromatic nitrogens is 1. The summed E-state index contributed by atoms with van der Waals surface area (Å²) in [4.78, 5) is 19.7. The Morgan fingerprint density at radius 2 is 1.96 bits per heavy atom. The minimum absolute atomic E-state index is 0.00656. The van der Waals surface area contributed by atoms with E-state index in [-0.39, 0.29) is 10.9 Å². The van der Waals surface area contributed by atoms with E-state index in [4.69, 9.17) is 11.6 Å². The zero-order valence-corrected chi connectivity index (χ0v) is 14.4. The van der Waals surface area contributed by atoms with Gasteiger partial charge in [-0.05, 0) is 18.9 Å². The summed E-state index contributed by atoms with van der Waals surface area (Å²) in [6, 6.07) is 1.29. The van der Waals surface area contributed by atoms with Crippen molar-refractivity contribution in [2.75, 3.05) is 37.6 Å². The summed E-state index contributed by atoms with van der Waals surface area (Å²) in [6.45, 7) is 3.34. The number of nitrogens with one attached hydrogen (secondary N) is 1. The molecule has 1 amide bonds. The highest BCUT2D eigenvalue weighted by molar-refractivity contribution is 6.33. The van der Waals surface area contributed by atoms with Gasteiger partial charge in [-0.2, -0.15) is 13.2 Å². The number of amides is 1. The Labute approximate surface area is 149 Å². The van der Waals surface area contributed by atoms with Crippen LogP contribution < -0.4 is 10.2 Å². The van der Waals surface area contributed by atoms with Crippen molar-refractivity contribution in [1.29, 1.82) is 0 Å². The molecule has 0 spiro atoms. The van der Waals surface area contributed by atoms with Gasteiger partial charge in [0.2, 0.25) is 5.91 Å². The Morgan fingerprint density at radius 1 is 1.28 bits per heavy atom. The van der Waals surface area contributed by atoms with Crippen molar-refractivity contribution in [3.8, 4) is 0 Å². The molecule has 1 aromatic heterocycles. The Kier molecular flexibility index (Phi) is 5.38. The first-order valence-electron chi connectivity index (χ1n) is 8.32. The molecule has 2 fully saturated rings. The molecule has 0 unspecified atom stereocenters. The summed E-state index contributed by atoms with van der Waals surface area (Å²) in [5.74, 6) is 0.457. The molecular formula is C16H20ClF3N4O. The molecule has 1 aliphatic heterocycles. The van der Waals surface area contributed by atoms with Gasteiger partial charge in [0.1, 0.15) is 5.82 Å². The molecule has 25 heavy (non-hydrogen) atoms. The van der Waals surface area contributed by atoms with Gasteiger partial charge >= 0.3 is 6.18 Å². The third kappa shape index (κ3) is 4.98. The van der Waals surface area contributed by atoms with Crippen LogP contribution in [0.15, 0.2) is 12.3 Å². The fourth-order valence-corrected chi connectivity index (χ4v) is 3.07. The molecule has 0 aromatic carbocycles. The van der Waals surface area contributed by atoms with Gasteiger partial charge in [0.15, 0.2) is 0 Å². The second-order valence-corrected chi connectivity index (χ2v) is 6.85. The van der Waals surface area contributed by atoms with Crippen LogP contribution >= 0.6 is 11.6 Å². The largest absolute Gasteiger partial charge is 0.417 e. The van der Waals surface area contributed by atoms with Crippen molar-refractivity contribution in [3.63, 3.8) is 0 Å². The SMILES string of the molecule is O=C(CCN1CCN(c2ncc(C(F)(F)F)cc2Cl)CC1)NC1CC1. The van der Waals surface area contributed by atoms with Gasteiger partial charge in [-0.1, -0.05) is 11.6 Å². The fraction of sp³-hybridized carbons (Fsp3) is 0.625. The zero-order valence-electron chi connectivity index (χ0n) is 13.7. The first-order chi connectivity index (χ1) is 11.8. The summed E-state index contributed by atoms with van der Waals surface area (Å²) in [6.07, 6.45) is -1.02. The van der Waals surface area contributed by atoms with Crippen LogP contribution in [0.1, 0.15) is 24.8 Å². The molecule has 3 rings (SSSR count). The van der Waals surface area contributed by atoms with Gasteiger partial charge in [0, 0.05) is 51.4 Å². The number of halogens is 4. The van der Waals surface area contributed by atoms with Crippen LogP contribution in [0.25, 0.3) is 0 Å². The first kappa shape index (κ1) is 18.3. The van der Waals surface area contributed by atoms with Crippen LogP contribution in [-0.2, 0) is 11.0 Å². The minimum atomic E-state index is -4.45. The van der Waals surface area contributed by atoms with Gasteiger partial charge < -0.3 is 10.2 Å². The molecule has 1 saturated carbocycles. The van der Waals surface area contributed by atoms with Crippen LogP contribution in [0.2, 0.25) is 5.02 Å². The van der Waals surface area contributed by atoms with E-state index in [1.54, 1.807) is 0 Å². The number of piperazine rings is 1. The van der Waals surface area contributed by atoms with Gasteiger partial charge in [-0.3, -0.25) is 9.69 Å². The lowest BCUT2D eigenvalue weighted by Crippen LogP contribution is -2.47. The first-order valence-corrected chi connectivity index (χ1v) is 8.70. The molecular weight excluding hydrogens is 357 g/mol. The topological polar surface area (TPSA) is 48.5 Å². The van der Waals surface area contributed by atoms with Crippen LogP contribution in [0.4, 0.5) is 19.0 Å². The summed E-state index contributed by atoms with van der Waals surface area (Å²) in [7, 11) is 0. The number of alkyl halides is 3. The highest BCUT2D eigenvalue weighted by Gasteiger charge is 2.32. The quantitative estimate of drug-likeness (QED) is 0.858. The Balaban J connectivity index is 1.49. The van der Waals surface area contributed by atoms with Crippen LogP contribution in [0.5, 0.6) is 0 Å². The second-order valence-electron chi connectivity index (χ2n) is 6.45. The summed E-state index contributed by atoms with van der Waals surface area (Å²) < 4.78 is 38.0. The molecule has 1 N–H and O–H groups in total. The molecule has 0 atom stereocenters. The maximum Gasteiger partial charge on any atom is 0.417 e. The lowest BCUT2D eigenvalue weighted by molar-refractivity contribution is -0.137. The third-order valence-electron chi connectivity index (χ3n) is 4.42. The molecule has 0 bridgehead atoms. The van der Waals surface area contributed by atoms with Crippen molar-refractivity contribution >= 4 is 23.3 Å². The molecule has 0 radical (unpaired) electrons. The van der Waals surface area contributed by atoms with Crippen LogP contribution in [-0.4, -0.2) is 54.6 Å². The van der Waals surface area contributed by atoms with Crippen molar-refractivity contribution in [2.24, 2.45) is 0 Å². The van der Waals surface area contributed by atoms with Crippen molar-refractivity contribution < 1.29 is 18.0 Å². The molecule has 5 nitrogen and oxygen atoms in total. The van der Waals surface area contributed by atoms with Gasteiger partial charge in [0.05, 0.1) is 10.6 Å². The van der Waals surface area contributed by atoms with Crippen LogP contribution in [0.3, 0.4) is 0 Å². The number of anilines is 1. The Hall–Kier alpha value is -1.54. The van der Waals surface area contributed by atoms with E-state index in [0.717, 1.165) is 38.2 Å². The average Bonchev–Trinajstić information content (AvgIpc) is 3.36. The van der Waals surface area contributed by atoms with E-state index >= 15 is 0 Å². The predicted molar refractivity (Wildman–Crippen MR) is 88.7 cm³/mol. The highest BCUT2D eigenvalue weighted by atomic mass is 35.5. The molecule has 2 heterocycles. The van der Waals surface area contributed by atoms with Crippen LogP contribution in [0, 0.1) is 0 Å². The number of hydrogen-bond donors (Lipinski definition) is 1. The van der Waals surface area contributed by atoms with Crippen molar-refractivity contribution in [2.45, 2.75) is 31.5 Å². The number of rotatable bonds is 5. The highest BCUT2D eigenvalue weighted by Crippen LogP contribution is 2.33.